The first-order valence-electron chi connectivity index (χ1n) is 4.46. The number of ether oxygens (including phenoxy) is 1. The standard InChI is InChI=1S/C11H7BrClNO2/c1-16-11(15)6-2-3-9-7(4-6)5-8(12)10(13)14-9/h2-5H,1H3. The fourth-order valence-electron chi connectivity index (χ4n) is 1.37. The monoisotopic (exact) mass is 299 g/mol. The summed E-state index contributed by atoms with van der Waals surface area (Å²) in [7, 11) is 1.35. The molecule has 0 bridgehead atoms. The van der Waals surface area contributed by atoms with Crippen molar-refractivity contribution < 1.29 is 9.53 Å². The topological polar surface area (TPSA) is 39.2 Å². The Morgan fingerprint density at radius 3 is 2.88 bits per heavy atom. The van der Waals surface area contributed by atoms with Crippen LogP contribution in [0.15, 0.2) is 28.7 Å². The van der Waals surface area contributed by atoms with Gasteiger partial charge < -0.3 is 4.74 Å². The Morgan fingerprint density at radius 2 is 2.19 bits per heavy atom. The summed E-state index contributed by atoms with van der Waals surface area (Å²) in [6.07, 6.45) is 0. The molecule has 0 aliphatic rings. The van der Waals surface area contributed by atoms with Gasteiger partial charge in [-0.2, -0.15) is 0 Å². The number of fused-ring (bicyclic) bond motifs is 1. The molecular weight excluding hydrogens is 293 g/mol. The van der Waals surface area contributed by atoms with Crippen molar-refractivity contribution in [1.29, 1.82) is 0 Å². The first-order chi connectivity index (χ1) is 7.61. The molecule has 0 fully saturated rings. The van der Waals surface area contributed by atoms with Crippen LogP contribution in [0.3, 0.4) is 0 Å². The third kappa shape index (κ3) is 2.03. The predicted molar refractivity (Wildman–Crippen MR) is 65.8 cm³/mol. The van der Waals surface area contributed by atoms with Gasteiger partial charge >= 0.3 is 5.97 Å². The molecule has 0 saturated heterocycles. The zero-order valence-corrected chi connectivity index (χ0v) is 10.7. The summed E-state index contributed by atoms with van der Waals surface area (Å²) in [6.45, 7) is 0. The van der Waals surface area contributed by atoms with Crippen LogP contribution in [0.2, 0.25) is 5.15 Å². The van der Waals surface area contributed by atoms with Gasteiger partial charge in [0.15, 0.2) is 0 Å². The summed E-state index contributed by atoms with van der Waals surface area (Å²) in [5.74, 6) is -0.368. The highest BCUT2D eigenvalue weighted by molar-refractivity contribution is 9.10. The first kappa shape index (κ1) is 11.4. The number of esters is 1. The second-order valence-electron chi connectivity index (χ2n) is 3.16. The number of carbonyl (C=O) groups excluding carboxylic acids is 1. The van der Waals surface area contributed by atoms with E-state index in [4.69, 9.17) is 11.6 Å². The van der Waals surface area contributed by atoms with Gasteiger partial charge in [-0.3, -0.25) is 0 Å². The summed E-state index contributed by atoms with van der Waals surface area (Å²) in [6, 6.07) is 6.93. The van der Waals surface area contributed by atoms with Crippen LogP contribution in [0, 0.1) is 0 Å². The van der Waals surface area contributed by atoms with Crippen molar-refractivity contribution in [2.45, 2.75) is 0 Å². The molecule has 0 atom stereocenters. The zero-order valence-electron chi connectivity index (χ0n) is 8.33. The summed E-state index contributed by atoms with van der Waals surface area (Å²) in [5, 5.41) is 1.23. The van der Waals surface area contributed by atoms with Crippen molar-refractivity contribution in [3.05, 3.63) is 39.5 Å². The van der Waals surface area contributed by atoms with Crippen LogP contribution in [-0.4, -0.2) is 18.1 Å². The van der Waals surface area contributed by atoms with Gasteiger partial charge in [0.2, 0.25) is 0 Å². The molecule has 0 unspecified atom stereocenters. The molecule has 3 nitrogen and oxygen atoms in total. The molecule has 1 aromatic carbocycles. The van der Waals surface area contributed by atoms with E-state index in [1.807, 2.05) is 6.07 Å². The maximum atomic E-state index is 11.3. The lowest BCUT2D eigenvalue weighted by Gasteiger charge is -2.03. The van der Waals surface area contributed by atoms with Gasteiger partial charge in [0.1, 0.15) is 5.15 Å². The van der Waals surface area contributed by atoms with Crippen LogP contribution in [0.1, 0.15) is 10.4 Å². The molecule has 2 aromatic rings. The molecule has 0 saturated carbocycles. The van der Waals surface area contributed by atoms with E-state index in [9.17, 15) is 4.79 Å². The maximum absolute atomic E-state index is 11.3. The molecule has 0 aliphatic carbocycles. The quantitative estimate of drug-likeness (QED) is 0.598. The van der Waals surface area contributed by atoms with Gasteiger partial charge in [0, 0.05) is 5.39 Å². The third-order valence-electron chi connectivity index (χ3n) is 2.15. The molecule has 2 rings (SSSR count). The SMILES string of the molecule is COC(=O)c1ccc2nc(Cl)c(Br)cc2c1. The third-order valence-corrected chi connectivity index (χ3v) is 3.27. The minimum absolute atomic E-state index is 0.368. The van der Waals surface area contributed by atoms with Crippen LogP contribution in [0.25, 0.3) is 10.9 Å². The number of hydrogen-bond donors (Lipinski definition) is 0. The predicted octanol–water partition coefficient (Wildman–Crippen LogP) is 3.44. The van der Waals surface area contributed by atoms with E-state index in [0.717, 1.165) is 10.9 Å². The van der Waals surface area contributed by atoms with Crippen LogP contribution >= 0.6 is 27.5 Å². The Hall–Kier alpha value is -1.13. The van der Waals surface area contributed by atoms with E-state index in [1.54, 1.807) is 18.2 Å². The fourth-order valence-corrected chi connectivity index (χ4v) is 1.85. The second kappa shape index (κ2) is 4.39. The van der Waals surface area contributed by atoms with E-state index < -0.39 is 0 Å². The second-order valence-corrected chi connectivity index (χ2v) is 4.37. The van der Waals surface area contributed by atoms with Gasteiger partial charge in [0.25, 0.3) is 0 Å². The van der Waals surface area contributed by atoms with E-state index in [2.05, 4.69) is 25.7 Å². The van der Waals surface area contributed by atoms with E-state index in [0.29, 0.717) is 15.2 Å². The van der Waals surface area contributed by atoms with Crippen LogP contribution < -0.4 is 0 Å². The Labute approximate surface area is 106 Å². The van der Waals surface area contributed by atoms with Crippen LogP contribution in [0.5, 0.6) is 0 Å². The number of methoxy groups -OCH3 is 1. The summed E-state index contributed by atoms with van der Waals surface area (Å²) < 4.78 is 5.34. The number of nitrogens with zero attached hydrogens (tertiary/aromatic N) is 1. The normalized spacial score (nSPS) is 10.4. The minimum atomic E-state index is -0.368. The van der Waals surface area contributed by atoms with E-state index in [-0.39, 0.29) is 5.97 Å². The highest BCUT2D eigenvalue weighted by Gasteiger charge is 2.08. The molecule has 0 spiro atoms. The molecule has 0 amide bonds. The van der Waals surface area contributed by atoms with Crippen LogP contribution in [0.4, 0.5) is 0 Å². The van der Waals surface area contributed by atoms with Crippen molar-refractivity contribution >= 4 is 44.4 Å². The number of hydrogen-bond acceptors (Lipinski definition) is 3. The number of benzene rings is 1. The van der Waals surface area contributed by atoms with Gasteiger partial charge in [-0.1, -0.05) is 11.6 Å². The highest BCUT2D eigenvalue weighted by Crippen LogP contribution is 2.25. The molecule has 0 N–H and O–H groups in total. The largest absolute Gasteiger partial charge is 0.465 e. The summed E-state index contributed by atoms with van der Waals surface area (Å²) >= 11 is 9.15. The molecule has 1 aromatic heterocycles. The van der Waals surface area contributed by atoms with E-state index >= 15 is 0 Å². The van der Waals surface area contributed by atoms with E-state index in [1.165, 1.54) is 7.11 Å². The number of carbonyl (C=O) groups is 1. The molecule has 16 heavy (non-hydrogen) atoms. The van der Waals surface area contributed by atoms with Gasteiger partial charge in [-0.25, -0.2) is 9.78 Å². The first-order valence-corrected chi connectivity index (χ1v) is 5.63. The minimum Gasteiger partial charge on any atom is -0.465 e. The Bertz CT molecular complexity index is 571. The summed E-state index contributed by atoms with van der Waals surface area (Å²) in [5.41, 5.74) is 1.23. The smallest absolute Gasteiger partial charge is 0.337 e. The summed E-state index contributed by atoms with van der Waals surface area (Å²) in [4.78, 5) is 15.5. The van der Waals surface area contributed by atoms with Gasteiger partial charge in [-0.15, -0.1) is 0 Å². The van der Waals surface area contributed by atoms with Crippen LogP contribution in [-0.2, 0) is 4.74 Å². The van der Waals surface area contributed by atoms with Crippen molar-refractivity contribution in [2.75, 3.05) is 7.11 Å². The lowest BCUT2D eigenvalue weighted by molar-refractivity contribution is 0.0601. The zero-order chi connectivity index (χ0) is 11.7. The lowest BCUT2D eigenvalue weighted by atomic mass is 10.1. The molecule has 0 radical (unpaired) electrons. The molecular formula is C11H7BrClNO2. The number of aromatic nitrogens is 1. The highest BCUT2D eigenvalue weighted by atomic mass is 79.9. The Kier molecular flexibility index (Phi) is 3.12. The van der Waals surface area contributed by atoms with Gasteiger partial charge in [-0.05, 0) is 40.2 Å². The van der Waals surface area contributed by atoms with Crippen molar-refractivity contribution in [3.63, 3.8) is 0 Å². The number of rotatable bonds is 1. The van der Waals surface area contributed by atoms with Crippen molar-refractivity contribution in [3.8, 4) is 0 Å². The molecule has 0 aliphatic heterocycles. The van der Waals surface area contributed by atoms with Crippen molar-refractivity contribution in [1.82, 2.24) is 4.98 Å². The fraction of sp³-hybridized carbons (Fsp3) is 0.0909. The average Bonchev–Trinajstić information content (AvgIpc) is 2.29. The lowest BCUT2D eigenvalue weighted by Crippen LogP contribution is -2.00. The maximum Gasteiger partial charge on any atom is 0.337 e. The molecule has 82 valence electrons. The molecule has 1 heterocycles. The van der Waals surface area contributed by atoms with Crippen molar-refractivity contribution in [2.24, 2.45) is 0 Å². The Morgan fingerprint density at radius 1 is 1.44 bits per heavy atom. The number of pyridine rings is 1. The van der Waals surface area contributed by atoms with Gasteiger partial charge in [0.05, 0.1) is 22.7 Å². The molecule has 5 heteroatoms. The average molecular weight is 301 g/mol. The number of halogens is 2. The Balaban J connectivity index is 2.62.